The number of nitrogens with zero attached hydrogens (tertiary/aromatic N) is 3. The van der Waals surface area contributed by atoms with E-state index < -0.39 is 5.60 Å². The van der Waals surface area contributed by atoms with Crippen LogP contribution >= 0.6 is 15.9 Å². The lowest BCUT2D eigenvalue weighted by molar-refractivity contribution is 0.00972. The molecular formula is C12H18BrN3O2. The lowest BCUT2D eigenvalue weighted by Gasteiger charge is -2.35. The van der Waals surface area contributed by atoms with Crippen LogP contribution in [-0.4, -0.2) is 32.2 Å². The number of carbonyl (C=O) groups excluding carboxylic acids is 1. The fourth-order valence-electron chi connectivity index (χ4n) is 1.96. The summed E-state index contributed by atoms with van der Waals surface area (Å²) in [4.78, 5) is 18.0. The van der Waals surface area contributed by atoms with Gasteiger partial charge in [0, 0.05) is 6.54 Å². The third kappa shape index (κ3) is 2.68. The maximum atomic E-state index is 12.1. The van der Waals surface area contributed by atoms with Gasteiger partial charge in [-0.1, -0.05) is 0 Å². The summed E-state index contributed by atoms with van der Waals surface area (Å²) in [7, 11) is 0. The van der Waals surface area contributed by atoms with Crippen LogP contribution in [0.25, 0.3) is 0 Å². The molecule has 1 amide bonds. The molecule has 2 rings (SSSR count). The Morgan fingerprint density at radius 3 is 2.83 bits per heavy atom. The maximum absolute atomic E-state index is 12.1. The average molecular weight is 316 g/mol. The molecule has 0 fully saturated rings. The van der Waals surface area contributed by atoms with Crippen LogP contribution in [-0.2, 0) is 17.8 Å². The Morgan fingerprint density at radius 1 is 1.56 bits per heavy atom. The van der Waals surface area contributed by atoms with Crippen molar-refractivity contribution in [1.29, 1.82) is 0 Å². The number of ether oxygens (including phenoxy) is 1. The molecule has 0 spiro atoms. The summed E-state index contributed by atoms with van der Waals surface area (Å²) in [5.74, 6) is 0. The van der Waals surface area contributed by atoms with E-state index in [1.54, 1.807) is 11.1 Å². The minimum absolute atomic E-state index is 0.0952. The van der Waals surface area contributed by atoms with Gasteiger partial charge in [0.05, 0.1) is 24.5 Å². The average Bonchev–Trinajstić information content (AvgIpc) is 2.56. The zero-order valence-corrected chi connectivity index (χ0v) is 12.7. The Bertz CT molecular complexity index is 464. The second-order valence-electron chi connectivity index (χ2n) is 5.59. The molecule has 0 bridgehead atoms. The summed E-state index contributed by atoms with van der Waals surface area (Å²) < 4.78 is 8.30. The fourth-order valence-corrected chi connectivity index (χ4v) is 2.44. The molecule has 0 aromatic carbocycles. The Balaban J connectivity index is 2.15. The molecule has 0 saturated heterocycles. The summed E-state index contributed by atoms with van der Waals surface area (Å²) in [6.45, 7) is 8.91. The van der Waals surface area contributed by atoms with E-state index in [0.29, 0.717) is 6.54 Å². The van der Waals surface area contributed by atoms with Gasteiger partial charge in [-0.25, -0.2) is 9.78 Å². The van der Waals surface area contributed by atoms with Crippen molar-refractivity contribution in [2.45, 2.75) is 52.4 Å². The molecule has 6 heteroatoms. The number of imidazole rings is 1. The van der Waals surface area contributed by atoms with E-state index in [1.807, 2.05) is 27.7 Å². The summed E-state index contributed by atoms with van der Waals surface area (Å²) in [5.41, 5.74) is 0.556. The van der Waals surface area contributed by atoms with Gasteiger partial charge in [0.1, 0.15) is 5.60 Å². The topological polar surface area (TPSA) is 47.4 Å². The molecule has 1 aromatic heterocycles. The van der Waals surface area contributed by atoms with E-state index in [1.165, 1.54) is 0 Å². The van der Waals surface area contributed by atoms with Gasteiger partial charge < -0.3 is 9.30 Å². The summed E-state index contributed by atoms with van der Waals surface area (Å²) in [5, 5.41) is 0. The zero-order valence-electron chi connectivity index (χ0n) is 11.1. The van der Waals surface area contributed by atoms with Crippen LogP contribution in [0, 0.1) is 0 Å². The van der Waals surface area contributed by atoms with Crippen LogP contribution in [0.4, 0.5) is 4.79 Å². The molecule has 1 atom stereocenters. The normalized spacial score (nSPS) is 19.6. The van der Waals surface area contributed by atoms with Gasteiger partial charge in [-0.05, 0) is 43.6 Å². The minimum Gasteiger partial charge on any atom is -0.444 e. The molecule has 1 aromatic rings. The fraction of sp³-hybridized carbons (Fsp3) is 0.667. The van der Waals surface area contributed by atoms with Gasteiger partial charge in [-0.2, -0.15) is 0 Å². The SMILES string of the molecule is C[C@@H]1Cn2c(cnc2Br)CN1C(=O)OC(C)(C)C. The van der Waals surface area contributed by atoms with Gasteiger partial charge in [0.2, 0.25) is 0 Å². The number of rotatable bonds is 0. The molecule has 0 N–H and O–H groups in total. The van der Waals surface area contributed by atoms with E-state index in [4.69, 9.17) is 4.74 Å². The molecule has 0 unspecified atom stereocenters. The third-order valence-electron chi connectivity index (χ3n) is 2.83. The van der Waals surface area contributed by atoms with Crippen molar-refractivity contribution >= 4 is 22.0 Å². The monoisotopic (exact) mass is 315 g/mol. The van der Waals surface area contributed by atoms with E-state index >= 15 is 0 Å². The van der Waals surface area contributed by atoms with Gasteiger partial charge in [-0.15, -0.1) is 0 Å². The molecule has 18 heavy (non-hydrogen) atoms. The number of halogens is 1. The molecular weight excluding hydrogens is 298 g/mol. The summed E-state index contributed by atoms with van der Waals surface area (Å²) in [6, 6.07) is 0.0952. The van der Waals surface area contributed by atoms with E-state index in [-0.39, 0.29) is 12.1 Å². The number of fused-ring (bicyclic) bond motifs is 1. The highest BCUT2D eigenvalue weighted by Gasteiger charge is 2.31. The first kappa shape index (κ1) is 13.4. The van der Waals surface area contributed by atoms with Crippen molar-refractivity contribution in [3.63, 3.8) is 0 Å². The molecule has 0 aliphatic carbocycles. The van der Waals surface area contributed by atoms with Gasteiger partial charge in [0.15, 0.2) is 4.73 Å². The summed E-state index contributed by atoms with van der Waals surface area (Å²) in [6.07, 6.45) is 1.52. The van der Waals surface area contributed by atoms with Crippen LogP contribution in [0.2, 0.25) is 0 Å². The summed E-state index contributed by atoms with van der Waals surface area (Å²) >= 11 is 3.40. The van der Waals surface area contributed by atoms with Crippen molar-refractivity contribution in [2.75, 3.05) is 0 Å². The highest BCUT2D eigenvalue weighted by atomic mass is 79.9. The van der Waals surface area contributed by atoms with E-state index in [9.17, 15) is 4.79 Å². The highest BCUT2D eigenvalue weighted by Crippen LogP contribution is 2.23. The molecule has 0 radical (unpaired) electrons. The lowest BCUT2D eigenvalue weighted by Crippen LogP contribution is -2.46. The maximum Gasteiger partial charge on any atom is 0.410 e. The van der Waals surface area contributed by atoms with Gasteiger partial charge >= 0.3 is 6.09 Å². The molecule has 2 heterocycles. The smallest absolute Gasteiger partial charge is 0.410 e. The standard InChI is InChI=1S/C12H18BrN3O2/c1-8-6-16-9(5-14-10(16)13)7-15(8)11(17)18-12(2,3)4/h5,8H,6-7H2,1-4H3/t8-/m1/s1. The van der Waals surface area contributed by atoms with Crippen molar-refractivity contribution < 1.29 is 9.53 Å². The molecule has 0 saturated carbocycles. The Hall–Kier alpha value is -1.04. The second-order valence-corrected chi connectivity index (χ2v) is 6.30. The minimum atomic E-state index is -0.463. The number of hydrogen-bond acceptors (Lipinski definition) is 3. The first-order valence-corrected chi connectivity index (χ1v) is 6.77. The largest absolute Gasteiger partial charge is 0.444 e. The Morgan fingerprint density at radius 2 is 2.22 bits per heavy atom. The zero-order chi connectivity index (χ0) is 13.5. The molecule has 1 aliphatic rings. The lowest BCUT2D eigenvalue weighted by atomic mass is 10.2. The first-order valence-electron chi connectivity index (χ1n) is 5.97. The van der Waals surface area contributed by atoms with Crippen molar-refractivity contribution in [1.82, 2.24) is 14.5 Å². The van der Waals surface area contributed by atoms with E-state index in [0.717, 1.165) is 17.0 Å². The predicted octanol–water partition coefficient (Wildman–Crippen LogP) is 2.78. The van der Waals surface area contributed by atoms with Crippen molar-refractivity contribution in [3.8, 4) is 0 Å². The van der Waals surface area contributed by atoms with Crippen molar-refractivity contribution in [3.05, 3.63) is 16.6 Å². The Labute approximate surface area is 115 Å². The van der Waals surface area contributed by atoms with Crippen LogP contribution in [0.5, 0.6) is 0 Å². The third-order valence-corrected chi connectivity index (χ3v) is 3.46. The first-order chi connectivity index (χ1) is 8.28. The Kier molecular flexibility index (Phi) is 3.40. The predicted molar refractivity (Wildman–Crippen MR) is 71.2 cm³/mol. The van der Waals surface area contributed by atoms with Crippen LogP contribution < -0.4 is 0 Å². The van der Waals surface area contributed by atoms with E-state index in [2.05, 4.69) is 25.5 Å². The van der Waals surface area contributed by atoms with Gasteiger partial charge in [0.25, 0.3) is 0 Å². The number of carbonyl (C=O) groups is 1. The molecule has 1 aliphatic heterocycles. The van der Waals surface area contributed by atoms with Crippen LogP contribution in [0.1, 0.15) is 33.4 Å². The van der Waals surface area contributed by atoms with Gasteiger partial charge in [-0.3, -0.25) is 4.90 Å². The van der Waals surface area contributed by atoms with Crippen molar-refractivity contribution in [2.24, 2.45) is 0 Å². The number of aromatic nitrogens is 2. The number of hydrogen-bond donors (Lipinski definition) is 0. The van der Waals surface area contributed by atoms with Crippen LogP contribution in [0.3, 0.4) is 0 Å². The second kappa shape index (κ2) is 4.57. The molecule has 5 nitrogen and oxygen atoms in total. The van der Waals surface area contributed by atoms with Crippen LogP contribution in [0.15, 0.2) is 10.9 Å². The highest BCUT2D eigenvalue weighted by molar-refractivity contribution is 9.10. The molecule has 100 valence electrons. The quantitative estimate of drug-likeness (QED) is 0.739. The number of amides is 1.